The first-order chi connectivity index (χ1) is 9.46. The van der Waals surface area contributed by atoms with E-state index in [1.807, 2.05) is 0 Å². The zero-order chi connectivity index (χ0) is 14.8. The molecular weight excluding hydrogens is 246 g/mol. The second-order valence-corrected chi connectivity index (χ2v) is 7.98. The van der Waals surface area contributed by atoms with Crippen molar-refractivity contribution < 1.29 is 4.74 Å². The molecule has 2 aliphatic carbocycles. The fourth-order valence-electron chi connectivity index (χ4n) is 4.16. The second kappa shape index (κ2) is 6.79. The summed E-state index contributed by atoms with van der Waals surface area (Å²) in [5, 5.41) is 0. The fourth-order valence-corrected chi connectivity index (χ4v) is 4.16. The normalized spacial score (nSPS) is 42.9. The smallest absolute Gasteiger partial charge is 0.0808 e. The van der Waals surface area contributed by atoms with E-state index < -0.39 is 0 Å². The highest BCUT2D eigenvalue weighted by Crippen LogP contribution is 2.41. The molecule has 0 saturated heterocycles. The molecular formula is C18H35NO. The topological polar surface area (TPSA) is 35.2 Å². The van der Waals surface area contributed by atoms with Crippen molar-refractivity contribution in [2.45, 2.75) is 84.3 Å². The SMILES string of the molecule is CC(C)C1CCC(CN)(OC2CCC(C)C(C)C2)CC1. The average Bonchev–Trinajstić information content (AvgIpc) is 2.43. The first kappa shape index (κ1) is 16.3. The van der Waals surface area contributed by atoms with Gasteiger partial charge in [0, 0.05) is 6.54 Å². The minimum atomic E-state index is -0.00362. The minimum absolute atomic E-state index is 0.00362. The highest BCUT2D eigenvalue weighted by molar-refractivity contribution is 4.91. The van der Waals surface area contributed by atoms with Crippen molar-refractivity contribution in [2.75, 3.05) is 6.54 Å². The van der Waals surface area contributed by atoms with Crippen LogP contribution < -0.4 is 5.73 Å². The van der Waals surface area contributed by atoms with Crippen molar-refractivity contribution in [3.05, 3.63) is 0 Å². The summed E-state index contributed by atoms with van der Waals surface area (Å²) in [6.07, 6.45) is 9.19. The van der Waals surface area contributed by atoms with E-state index in [0.29, 0.717) is 12.6 Å². The Labute approximate surface area is 125 Å². The molecule has 3 atom stereocenters. The molecule has 0 spiro atoms. The number of rotatable bonds is 4. The van der Waals surface area contributed by atoms with Gasteiger partial charge in [-0.2, -0.15) is 0 Å². The van der Waals surface area contributed by atoms with Gasteiger partial charge in [0.25, 0.3) is 0 Å². The van der Waals surface area contributed by atoms with E-state index in [1.165, 1.54) is 44.9 Å². The van der Waals surface area contributed by atoms with Crippen molar-refractivity contribution in [1.82, 2.24) is 0 Å². The van der Waals surface area contributed by atoms with E-state index in [-0.39, 0.29) is 5.60 Å². The molecule has 2 fully saturated rings. The molecule has 0 aliphatic heterocycles. The summed E-state index contributed by atoms with van der Waals surface area (Å²) in [4.78, 5) is 0. The van der Waals surface area contributed by atoms with Gasteiger partial charge in [0.1, 0.15) is 0 Å². The van der Waals surface area contributed by atoms with Crippen molar-refractivity contribution in [2.24, 2.45) is 29.4 Å². The number of hydrogen-bond donors (Lipinski definition) is 1. The molecule has 0 bridgehead atoms. The Balaban J connectivity index is 1.89. The van der Waals surface area contributed by atoms with Crippen molar-refractivity contribution in [3.8, 4) is 0 Å². The molecule has 118 valence electrons. The molecule has 0 aromatic rings. The van der Waals surface area contributed by atoms with Crippen LogP contribution in [-0.4, -0.2) is 18.2 Å². The van der Waals surface area contributed by atoms with E-state index in [9.17, 15) is 0 Å². The monoisotopic (exact) mass is 281 g/mol. The summed E-state index contributed by atoms with van der Waals surface area (Å²) < 4.78 is 6.59. The Morgan fingerprint density at radius 2 is 1.70 bits per heavy atom. The van der Waals surface area contributed by atoms with E-state index in [2.05, 4.69) is 27.7 Å². The summed E-state index contributed by atoms with van der Waals surface area (Å²) in [6, 6.07) is 0. The maximum atomic E-state index is 6.59. The highest BCUT2D eigenvalue weighted by atomic mass is 16.5. The van der Waals surface area contributed by atoms with E-state index in [4.69, 9.17) is 10.5 Å². The number of hydrogen-bond acceptors (Lipinski definition) is 2. The molecule has 2 heteroatoms. The average molecular weight is 281 g/mol. The second-order valence-electron chi connectivity index (χ2n) is 7.98. The molecule has 0 aromatic heterocycles. The van der Waals surface area contributed by atoms with Crippen LogP contribution in [0.5, 0.6) is 0 Å². The zero-order valence-electron chi connectivity index (χ0n) is 14.0. The van der Waals surface area contributed by atoms with Crippen LogP contribution in [0.25, 0.3) is 0 Å². The molecule has 2 rings (SSSR count). The van der Waals surface area contributed by atoms with E-state index in [1.54, 1.807) is 0 Å². The van der Waals surface area contributed by atoms with Crippen LogP contribution in [0.2, 0.25) is 0 Å². The summed E-state index contributed by atoms with van der Waals surface area (Å²) in [5.74, 6) is 3.35. The Hall–Kier alpha value is -0.0800. The lowest BCUT2D eigenvalue weighted by Crippen LogP contribution is -2.48. The van der Waals surface area contributed by atoms with Crippen LogP contribution in [0.4, 0.5) is 0 Å². The summed E-state index contributed by atoms with van der Waals surface area (Å²) >= 11 is 0. The standard InChI is InChI=1S/C18H35NO/c1-13(2)16-7-9-18(12-19,10-8-16)20-17-6-5-14(3)15(4)11-17/h13-17H,5-12,19H2,1-4H3. The van der Waals surface area contributed by atoms with Crippen molar-refractivity contribution >= 4 is 0 Å². The van der Waals surface area contributed by atoms with Crippen LogP contribution in [-0.2, 0) is 4.74 Å². The Morgan fingerprint density at radius 3 is 2.20 bits per heavy atom. The maximum absolute atomic E-state index is 6.59. The Bertz CT molecular complexity index is 294. The molecule has 0 heterocycles. The molecule has 0 amide bonds. The zero-order valence-corrected chi connectivity index (χ0v) is 14.0. The van der Waals surface area contributed by atoms with Gasteiger partial charge in [0.15, 0.2) is 0 Å². The van der Waals surface area contributed by atoms with Gasteiger partial charge >= 0.3 is 0 Å². The van der Waals surface area contributed by atoms with Crippen LogP contribution in [0.15, 0.2) is 0 Å². The third-order valence-electron chi connectivity index (χ3n) is 6.22. The molecule has 0 radical (unpaired) electrons. The van der Waals surface area contributed by atoms with Gasteiger partial charge in [-0.1, -0.05) is 27.7 Å². The van der Waals surface area contributed by atoms with Gasteiger partial charge in [-0.05, 0) is 68.6 Å². The van der Waals surface area contributed by atoms with Gasteiger partial charge in [-0.15, -0.1) is 0 Å². The van der Waals surface area contributed by atoms with Crippen LogP contribution in [0.3, 0.4) is 0 Å². The molecule has 2 nitrogen and oxygen atoms in total. The van der Waals surface area contributed by atoms with Crippen LogP contribution in [0.1, 0.15) is 72.6 Å². The van der Waals surface area contributed by atoms with Gasteiger partial charge in [-0.3, -0.25) is 0 Å². The van der Waals surface area contributed by atoms with E-state index >= 15 is 0 Å². The van der Waals surface area contributed by atoms with Gasteiger partial charge in [0.2, 0.25) is 0 Å². The largest absolute Gasteiger partial charge is 0.370 e. The van der Waals surface area contributed by atoms with Gasteiger partial charge in [0.05, 0.1) is 11.7 Å². The lowest BCUT2D eigenvalue weighted by molar-refractivity contribution is -0.133. The molecule has 2 saturated carbocycles. The Kier molecular flexibility index (Phi) is 5.53. The molecule has 2 aliphatic rings. The quantitative estimate of drug-likeness (QED) is 0.830. The fraction of sp³-hybridized carbons (Fsp3) is 1.00. The minimum Gasteiger partial charge on any atom is -0.370 e. The van der Waals surface area contributed by atoms with Crippen molar-refractivity contribution in [3.63, 3.8) is 0 Å². The number of ether oxygens (including phenoxy) is 1. The Morgan fingerprint density at radius 1 is 1.05 bits per heavy atom. The predicted molar refractivity (Wildman–Crippen MR) is 85.6 cm³/mol. The number of nitrogens with two attached hydrogens (primary N) is 1. The van der Waals surface area contributed by atoms with Gasteiger partial charge < -0.3 is 10.5 Å². The molecule has 3 unspecified atom stereocenters. The summed E-state index contributed by atoms with van der Waals surface area (Å²) in [7, 11) is 0. The van der Waals surface area contributed by atoms with Gasteiger partial charge in [-0.25, -0.2) is 0 Å². The van der Waals surface area contributed by atoms with E-state index in [0.717, 1.165) is 23.7 Å². The predicted octanol–water partition coefficient (Wildman–Crippen LogP) is 4.37. The first-order valence-corrected chi connectivity index (χ1v) is 8.83. The molecule has 0 aromatic carbocycles. The summed E-state index contributed by atoms with van der Waals surface area (Å²) in [6.45, 7) is 10.2. The molecule has 2 N–H and O–H groups in total. The lowest BCUT2D eigenvalue weighted by Gasteiger charge is -2.44. The summed E-state index contributed by atoms with van der Waals surface area (Å²) in [5.41, 5.74) is 6.11. The highest BCUT2D eigenvalue weighted by Gasteiger charge is 2.39. The third kappa shape index (κ3) is 3.76. The molecule has 20 heavy (non-hydrogen) atoms. The van der Waals surface area contributed by atoms with Crippen LogP contribution in [0, 0.1) is 23.7 Å². The van der Waals surface area contributed by atoms with Crippen molar-refractivity contribution in [1.29, 1.82) is 0 Å². The lowest BCUT2D eigenvalue weighted by atomic mass is 9.74. The van der Waals surface area contributed by atoms with Crippen LogP contribution >= 0.6 is 0 Å². The maximum Gasteiger partial charge on any atom is 0.0808 e. The first-order valence-electron chi connectivity index (χ1n) is 8.83. The third-order valence-corrected chi connectivity index (χ3v) is 6.22.